The number of nitrogens with zero attached hydrogens (tertiary/aromatic N) is 1. The molecule has 5 nitrogen and oxygen atoms in total. The van der Waals surface area contributed by atoms with Gasteiger partial charge >= 0.3 is 5.92 Å². The molecule has 30 heavy (non-hydrogen) atoms. The molecule has 0 saturated heterocycles. The van der Waals surface area contributed by atoms with Crippen LogP contribution in [0, 0.1) is 18.7 Å². The molecule has 2 N–H and O–H groups in total. The highest BCUT2D eigenvalue weighted by molar-refractivity contribution is 6.06. The summed E-state index contributed by atoms with van der Waals surface area (Å²) in [7, 11) is 1.36. The van der Waals surface area contributed by atoms with Crippen LogP contribution in [0.2, 0.25) is 0 Å². The fourth-order valence-electron chi connectivity index (χ4n) is 3.92. The van der Waals surface area contributed by atoms with Gasteiger partial charge in [-0.1, -0.05) is 19.8 Å². The molecule has 0 spiro atoms. The lowest BCUT2D eigenvalue weighted by Crippen LogP contribution is -2.48. The minimum Gasteiger partial charge on any atom is -0.348 e. The van der Waals surface area contributed by atoms with Gasteiger partial charge in [-0.25, -0.2) is 4.39 Å². The summed E-state index contributed by atoms with van der Waals surface area (Å²) >= 11 is 0. The van der Waals surface area contributed by atoms with Crippen LogP contribution in [-0.2, 0) is 17.8 Å². The third-order valence-corrected chi connectivity index (χ3v) is 5.74. The molecule has 1 aliphatic carbocycles. The molecule has 2 atom stereocenters. The van der Waals surface area contributed by atoms with Crippen molar-refractivity contribution < 1.29 is 22.8 Å². The van der Waals surface area contributed by atoms with Gasteiger partial charge in [0.1, 0.15) is 11.5 Å². The summed E-state index contributed by atoms with van der Waals surface area (Å²) in [5.74, 6) is -6.41. The normalized spacial score (nSPS) is 19.4. The predicted molar refractivity (Wildman–Crippen MR) is 108 cm³/mol. The smallest absolute Gasteiger partial charge is 0.348 e. The van der Waals surface area contributed by atoms with Crippen molar-refractivity contribution in [3.8, 4) is 0 Å². The summed E-state index contributed by atoms with van der Waals surface area (Å²) in [6.07, 6.45) is 4.76. The molecule has 8 heteroatoms. The molecule has 162 valence electrons. The molecule has 3 rings (SSSR count). The van der Waals surface area contributed by atoms with Crippen molar-refractivity contribution in [2.75, 3.05) is 5.32 Å². The van der Waals surface area contributed by atoms with Gasteiger partial charge in [0.2, 0.25) is 0 Å². The summed E-state index contributed by atoms with van der Waals surface area (Å²) in [6, 6.07) is 4.87. The first kappa shape index (κ1) is 21.9. The van der Waals surface area contributed by atoms with Gasteiger partial charge < -0.3 is 15.2 Å². The van der Waals surface area contributed by atoms with Crippen molar-refractivity contribution in [3.63, 3.8) is 0 Å². The first-order chi connectivity index (χ1) is 14.1. The Morgan fingerprint density at radius 3 is 2.53 bits per heavy atom. The summed E-state index contributed by atoms with van der Waals surface area (Å²) in [4.78, 5) is 25.2. The Morgan fingerprint density at radius 1 is 1.17 bits per heavy atom. The zero-order chi connectivity index (χ0) is 22.1. The van der Waals surface area contributed by atoms with E-state index >= 15 is 8.78 Å². The first-order valence-corrected chi connectivity index (χ1v) is 10.0. The molecule has 0 aliphatic heterocycles. The van der Waals surface area contributed by atoms with Crippen LogP contribution in [0.3, 0.4) is 0 Å². The summed E-state index contributed by atoms with van der Waals surface area (Å²) < 4.78 is 44.8. The highest BCUT2D eigenvalue weighted by Gasteiger charge is 2.47. The third kappa shape index (κ3) is 4.37. The molecule has 2 aromatic rings. The minimum absolute atomic E-state index is 0.122. The second kappa shape index (κ2) is 8.53. The number of amides is 2. The van der Waals surface area contributed by atoms with Crippen LogP contribution in [0.1, 0.15) is 54.2 Å². The Morgan fingerprint density at radius 2 is 1.87 bits per heavy atom. The van der Waals surface area contributed by atoms with E-state index in [1.54, 1.807) is 0 Å². The van der Waals surface area contributed by atoms with E-state index in [9.17, 15) is 14.0 Å². The van der Waals surface area contributed by atoms with E-state index in [1.807, 2.05) is 6.92 Å². The number of carbonyl (C=O) groups is 2. The number of rotatable bonds is 5. The maximum Gasteiger partial charge on any atom is 0.364 e. The average Bonchev–Trinajstić information content (AvgIpc) is 3.09. The molecule has 1 aromatic heterocycles. The topological polar surface area (TPSA) is 63.1 Å². The minimum atomic E-state index is -3.89. The highest BCUT2D eigenvalue weighted by atomic mass is 19.3. The van der Waals surface area contributed by atoms with Gasteiger partial charge in [0.15, 0.2) is 0 Å². The number of aromatic nitrogens is 1. The van der Waals surface area contributed by atoms with Crippen molar-refractivity contribution in [2.45, 2.75) is 51.5 Å². The Balaban J connectivity index is 1.83. The summed E-state index contributed by atoms with van der Waals surface area (Å²) in [6.45, 7) is 3.47. The molecule has 2 amide bonds. The quantitative estimate of drug-likeness (QED) is 0.746. The number of benzene rings is 1. The molecule has 1 aliphatic rings. The van der Waals surface area contributed by atoms with Gasteiger partial charge in [-0.15, -0.1) is 0 Å². The maximum atomic E-state index is 15.1. The number of alkyl halides is 2. The van der Waals surface area contributed by atoms with Crippen LogP contribution in [0.4, 0.5) is 18.9 Å². The van der Waals surface area contributed by atoms with E-state index in [0.717, 1.165) is 23.8 Å². The van der Waals surface area contributed by atoms with E-state index in [1.165, 1.54) is 44.4 Å². The number of halogens is 3. The molecular weight excluding hydrogens is 395 g/mol. The zero-order valence-electron chi connectivity index (χ0n) is 17.3. The molecule has 0 bridgehead atoms. The molecule has 1 fully saturated rings. The number of nitrogens with one attached hydrogen (secondary N) is 2. The fraction of sp³-hybridized carbons (Fsp3) is 0.455. The van der Waals surface area contributed by atoms with Crippen LogP contribution in [0.25, 0.3) is 0 Å². The summed E-state index contributed by atoms with van der Waals surface area (Å²) in [5, 5.41) is 4.97. The van der Waals surface area contributed by atoms with E-state index in [0.29, 0.717) is 12.0 Å². The number of hydrogen-bond donors (Lipinski definition) is 2. The lowest BCUT2D eigenvalue weighted by Gasteiger charge is -2.31. The Hall–Kier alpha value is -2.77. The van der Waals surface area contributed by atoms with Crippen LogP contribution in [0.15, 0.2) is 30.5 Å². The van der Waals surface area contributed by atoms with Crippen molar-refractivity contribution in [1.82, 2.24) is 9.88 Å². The monoisotopic (exact) mass is 421 g/mol. The molecule has 0 radical (unpaired) electrons. The molecule has 1 aromatic carbocycles. The Kier molecular flexibility index (Phi) is 6.24. The van der Waals surface area contributed by atoms with Gasteiger partial charge in [-0.05, 0) is 55.5 Å². The van der Waals surface area contributed by atoms with E-state index in [4.69, 9.17) is 0 Å². The van der Waals surface area contributed by atoms with Gasteiger partial charge in [0.25, 0.3) is 11.8 Å². The highest BCUT2D eigenvalue weighted by Crippen LogP contribution is 2.33. The molecular formula is C22H26F3N3O2. The van der Waals surface area contributed by atoms with Gasteiger partial charge in [0, 0.05) is 25.0 Å². The van der Waals surface area contributed by atoms with Crippen LogP contribution in [0.5, 0.6) is 0 Å². The van der Waals surface area contributed by atoms with Crippen LogP contribution in [-0.4, -0.2) is 22.4 Å². The maximum absolute atomic E-state index is 15.1. The van der Waals surface area contributed by atoms with Gasteiger partial charge in [0.05, 0.1) is 5.56 Å². The van der Waals surface area contributed by atoms with Crippen molar-refractivity contribution in [2.24, 2.45) is 13.0 Å². The summed E-state index contributed by atoms with van der Waals surface area (Å²) in [5.41, 5.74) is -0.402. The standard InChI is InChI=1S/C22H26F3N3O2/c1-13-6-4-5-7-18(13)27-21(30)22(24,25)19-16(10-11-28(19)3)20(29)26-15-8-9-17(23)14(2)12-15/h8-13,18H,4-7H2,1-3H3,(H,26,29)(H,27,30)/t13-,18-/m1/s1. The SMILES string of the molecule is Cc1cc(NC(=O)c2ccn(C)c2C(F)(F)C(=O)N[C@@H]2CCCC[C@H]2C)ccc1F. The number of carbonyl (C=O) groups excluding carboxylic acids is 2. The van der Waals surface area contributed by atoms with E-state index in [-0.39, 0.29) is 23.2 Å². The van der Waals surface area contributed by atoms with Crippen LogP contribution >= 0.6 is 0 Å². The lowest BCUT2D eigenvalue weighted by atomic mass is 9.86. The second-order valence-electron chi connectivity index (χ2n) is 8.02. The van der Waals surface area contributed by atoms with Gasteiger partial charge in [-0.2, -0.15) is 8.78 Å². The Labute approximate surface area is 173 Å². The fourth-order valence-corrected chi connectivity index (χ4v) is 3.92. The third-order valence-electron chi connectivity index (χ3n) is 5.74. The van der Waals surface area contributed by atoms with E-state index < -0.39 is 29.2 Å². The average molecular weight is 421 g/mol. The molecule has 1 heterocycles. The van der Waals surface area contributed by atoms with E-state index in [2.05, 4.69) is 10.6 Å². The largest absolute Gasteiger partial charge is 0.364 e. The number of anilines is 1. The van der Waals surface area contributed by atoms with Crippen molar-refractivity contribution >= 4 is 17.5 Å². The van der Waals surface area contributed by atoms with Crippen molar-refractivity contribution in [1.29, 1.82) is 0 Å². The number of aryl methyl sites for hydroxylation is 2. The second-order valence-corrected chi connectivity index (χ2v) is 8.02. The lowest BCUT2D eigenvalue weighted by molar-refractivity contribution is -0.149. The van der Waals surface area contributed by atoms with Gasteiger partial charge in [-0.3, -0.25) is 9.59 Å². The zero-order valence-corrected chi connectivity index (χ0v) is 17.3. The predicted octanol–water partition coefficient (Wildman–Crippen LogP) is 4.51. The molecule has 1 saturated carbocycles. The first-order valence-electron chi connectivity index (χ1n) is 10.0. The van der Waals surface area contributed by atoms with Crippen molar-refractivity contribution in [3.05, 3.63) is 53.1 Å². The Bertz CT molecular complexity index is 955. The molecule has 0 unspecified atom stereocenters. The number of hydrogen-bond acceptors (Lipinski definition) is 2. The van der Waals surface area contributed by atoms with Crippen LogP contribution < -0.4 is 10.6 Å².